The first-order valence-corrected chi connectivity index (χ1v) is 9.04. The number of aryl methyl sites for hydroxylation is 1. The standard InChI is InChI=1S/C17H12Cl2N4S/c1-10-2-4-11(5-3-10)16-20-21-17-23(16)22-15(9-24-17)13-8-12(18)6-7-14(13)19/h2-8H,9H2,1H3. The van der Waals surface area contributed by atoms with Crippen LogP contribution in [0.3, 0.4) is 0 Å². The second-order valence-electron chi connectivity index (χ2n) is 5.44. The van der Waals surface area contributed by atoms with Crippen LogP contribution in [0.25, 0.3) is 11.4 Å². The van der Waals surface area contributed by atoms with Crippen molar-refractivity contribution < 1.29 is 0 Å². The molecule has 2 aromatic carbocycles. The van der Waals surface area contributed by atoms with Gasteiger partial charge >= 0.3 is 0 Å². The van der Waals surface area contributed by atoms with Crippen LogP contribution < -0.4 is 0 Å². The molecule has 0 fully saturated rings. The molecule has 0 radical (unpaired) electrons. The Morgan fingerprint density at radius 1 is 1.04 bits per heavy atom. The molecule has 0 saturated heterocycles. The number of hydrogen-bond acceptors (Lipinski definition) is 4. The first-order chi connectivity index (χ1) is 11.6. The van der Waals surface area contributed by atoms with Gasteiger partial charge < -0.3 is 0 Å². The lowest BCUT2D eigenvalue weighted by atomic mass is 10.1. The van der Waals surface area contributed by atoms with Crippen molar-refractivity contribution in [2.45, 2.75) is 12.1 Å². The van der Waals surface area contributed by atoms with E-state index in [1.54, 1.807) is 28.6 Å². The number of hydrogen-bond donors (Lipinski definition) is 0. The van der Waals surface area contributed by atoms with E-state index in [2.05, 4.69) is 17.1 Å². The van der Waals surface area contributed by atoms with Gasteiger partial charge in [-0.15, -0.1) is 10.2 Å². The van der Waals surface area contributed by atoms with Crippen molar-refractivity contribution in [1.29, 1.82) is 0 Å². The van der Waals surface area contributed by atoms with Crippen molar-refractivity contribution in [3.8, 4) is 11.4 Å². The molecule has 1 aliphatic rings. The molecule has 4 rings (SSSR count). The van der Waals surface area contributed by atoms with Crippen molar-refractivity contribution in [3.05, 3.63) is 63.6 Å². The molecule has 0 unspecified atom stereocenters. The Hall–Kier alpha value is -1.82. The summed E-state index contributed by atoms with van der Waals surface area (Å²) in [6.07, 6.45) is 0. The van der Waals surface area contributed by atoms with E-state index in [1.807, 2.05) is 30.3 Å². The second kappa shape index (κ2) is 6.24. The third kappa shape index (κ3) is 2.83. The van der Waals surface area contributed by atoms with Gasteiger partial charge in [-0.05, 0) is 25.1 Å². The average molecular weight is 375 g/mol. The minimum atomic E-state index is 0.632. The summed E-state index contributed by atoms with van der Waals surface area (Å²) in [5.41, 5.74) is 3.86. The van der Waals surface area contributed by atoms with Crippen LogP contribution in [0.15, 0.2) is 52.7 Å². The summed E-state index contributed by atoms with van der Waals surface area (Å²) in [5, 5.41) is 15.3. The zero-order valence-electron chi connectivity index (χ0n) is 12.7. The summed E-state index contributed by atoms with van der Waals surface area (Å²) < 4.78 is 1.77. The summed E-state index contributed by atoms with van der Waals surface area (Å²) >= 11 is 14.0. The van der Waals surface area contributed by atoms with Crippen LogP contribution in [-0.4, -0.2) is 26.3 Å². The topological polar surface area (TPSA) is 43.1 Å². The third-order valence-electron chi connectivity index (χ3n) is 3.72. The van der Waals surface area contributed by atoms with Gasteiger partial charge in [-0.1, -0.05) is 64.8 Å². The van der Waals surface area contributed by atoms with Crippen LogP contribution in [0.5, 0.6) is 0 Å². The molecule has 2 heterocycles. The summed E-state index contributed by atoms with van der Waals surface area (Å²) in [4.78, 5) is 0. The van der Waals surface area contributed by atoms with Gasteiger partial charge in [0.05, 0.1) is 5.71 Å². The van der Waals surface area contributed by atoms with Crippen molar-refractivity contribution in [2.24, 2.45) is 5.10 Å². The highest BCUT2D eigenvalue weighted by Gasteiger charge is 2.22. The van der Waals surface area contributed by atoms with Crippen LogP contribution in [0.1, 0.15) is 11.1 Å². The first kappa shape index (κ1) is 15.7. The molecule has 120 valence electrons. The monoisotopic (exact) mass is 374 g/mol. The van der Waals surface area contributed by atoms with Crippen molar-refractivity contribution in [3.63, 3.8) is 0 Å². The normalized spacial score (nSPS) is 13.5. The van der Waals surface area contributed by atoms with Crippen LogP contribution >= 0.6 is 35.0 Å². The van der Waals surface area contributed by atoms with Crippen LogP contribution in [0.2, 0.25) is 10.0 Å². The van der Waals surface area contributed by atoms with Gasteiger partial charge in [-0.2, -0.15) is 9.78 Å². The average Bonchev–Trinajstić information content (AvgIpc) is 3.01. The lowest BCUT2D eigenvalue weighted by Crippen LogP contribution is -2.14. The predicted molar refractivity (Wildman–Crippen MR) is 99.3 cm³/mol. The molecule has 0 N–H and O–H groups in total. The summed E-state index contributed by atoms with van der Waals surface area (Å²) in [7, 11) is 0. The molecule has 0 spiro atoms. The van der Waals surface area contributed by atoms with Gasteiger partial charge in [-0.3, -0.25) is 0 Å². The quantitative estimate of drug-likeness (QED) is 0.639. The Bertz CT molecular complexity index is 948. The van der Waals surface area contributed by atoms with E-state index in [4.69, 9.17) is 28.3 Å². The Balaban J connectivity index is 1.82. The van der Waals surface area contributed by atoms with Gasteiger partial charge in [0.25, 0.3) is 0 Å². The predicted octanol–water partition coefficient (Wildman–Crippen LogP) is 4.92. The van der Waals surface area contributed by atoms with Crippen molar-refractivity contribution >= 4 is 40.7 Å². The molecular formula is C17H12Cl2N4S. The van der Waals surface area contributed by atoms with E-state index in [-0.39, 0.29) is 0 Å². The molecule has 1 aromatic heterocycles. The van der Waals surface area contributed by atoms with Crippen molar-refractivity contribution in [1.82, 2.24) is 14.9 Å². The van der Waals surface area contributed by atoms with Gasteiger partial charge in [0.2, 0.25) is 5.16 Å². The lowest BCUT2D eigenvalue weighted by Gasteiger charge is -2.15. The van der Waals surface area contributed by atoms with Crippen LogP contribution in [0, 0.1) is 6.92 Å². The molecule has 0 aliphatic carbocycles. The maximum absolute atomic E-state index is 6.32. The van der Waals surface area contributed by atoms with Gasteiger partial charge in [0.1, 0.15) is 0 Å². The minimum Gasteiger partial charge on any atom is -0.187 e. The Labute approximate surface area is 153 Å². The fourth-order valence-corrected chi connectivity index (χ4v) is 3.69. The Morgan fingerprint density at radius 2 is 1.83 bits per heavy atom. The van der Waals surface area contributed by atoms with Crippen molar-refractivity contribution in [2.75, 3.05) is 5.75 Å². The maximum atomic E-state index is 6.32. The number of thioether (sulfide) groups is 1. The molecule has 0 bridgehead atoms. The minimum absolute atomic E-state index is 0.632. The van der Waals surface area contributed by atoms with Gasteiger partial charge in [0.15, 0.2) is 5.82 Å². The molecule has 7 heteroatoms. The molecule has 3 aromatic rings. The smallest absolute Gasteiger partial charge is 0.187 e. The lowest BCUT2D eigenvalue weighted by molar-refractivity contribution is 0.762. The molecule has 0 amide bonds. The highest BCUT2D eigenvalue weighted by atomic mass is 35.5. The van der Waals surface area contributed by atoms with E-state index in [0.717, 1.165) is 22.0 Å². The highest BCUT2D eigenvalue weighted by molar-refractivity contribution is 7.99. The van der Waals surface area contributed by atoms with E-state index < -0.39 is 0 Å². The molecule has 1 aliphatic heterocycles. The van der Waals surface area contributed by atoms with E-state index in [0.29, 0.717) is 21.6 Å². The third-order valence-corrected chi connectivity index (χ3v) is 5.22. The Kier molecular flexibility index (Phi) is 4.08. The van der Waals surface area contributed by atoms with Crippen LogP contribution in [-0.2, 0) is 0 Å². The number of fused-ring (bicyclic) bond motifs is 1. The largest absolute Gasteiger partial charge is 0.212 e. The molecular weight excluding hydrogens is 363 g/mol. The number of aromatic nitrogens is 3. The molecule has 0 atom stereocenters. The maximum Gasteiger partial charge on any atom is 0.212 e. The van der Waals surface area contributed by atoms with E-state index in [9.17, 15) is 0 Å². The molecule has 4 nitrogen and oxygen atoms in total. The first-order valence-electron chi connectivity index (χ1n) is 7.30. The zero-order chi connectivity index (χ0) is 16.7. The van der Waals surface area contributed by atoms with E-state index >= 15 is 0 Å². The van der Waals surface area contributed by atoms with Crippen LogP contribution in [0.4, 0.5) is 0 Å². The number of nitrogens with zero attached hydrogens (tertiary/aromatic N) is 4. The summed E-state index contributed by atoms with van der Waals surface area (Å²) in [6, 6.07) is 13.5. The van der Waals surface area contributed by atoms with E-state index in [1.165, 1.54) is 5.56 Å². The Morgan fingerprint density at radius 3 is 2.62 bits per heavy atom. The van der Waals surface area contributed by atoms with Gasteiger partial charge in [-0.25, -0.2) is 0 Å². The SMILES string of the molecule is Cc1ccc(-c2nnc3n2N=C(c2cc(Cl)ccc2Cl)CS3)cc1. The fourth-order valence-electron chi connectivity index (χ4n) is 2.46. The summed E-state index contributed by atoms with van der Waals surface area (Å²) in [5.74, 6) is 1.39. The molecule has 0 saturated carbocycles. The highest BCUT2D eigenvalue weighted by Crippen LogP contribution is 2.31. The van der Waals surface area contributed by atoms with Gasteiger partial charge in [0, 0.05) is 26.9 Å². The number of benzene rings is 2. The number of rotatable bonds is 2. The summed E-state index contributed by atoms with van der Waals surface area (Å²) in [6.45, 7) is 2.05. The zero-order valence-corrected chi connectivity index (χ0v) is 15.0. The second-order valence-corrected chi connectivity index (χ2v) is 7.23. The molecule has 24 heavy (non-hydrogen) atoms. The fraction of sp³-hybridized carbons (Fsp3) is 0.118. The number of halogens is 2.